The van der Waals surface area contributed by atoms with Crippen molar-refractivity contribution in [3.63, 3.8) is 0 Å². The summed E-state index contributed by atoms with van der Waals surface area (Å²) in [6.07, 6.45) is 3.96. The van der Waals surface area contributed by atoms with Crippen LogP contribution in [0.5, 0.6) is 0 Å². The van der Waals surface area contributed by atoms with Gasteiger partial charge in [0.1, 0.15) is 5.60 Å². The summed E-state index contributed by atoms with van der Waals surface area (Å²) in [6, 6.07) is 22.3. The fourth-order valence-electron chi connectivity index (χ4n) is 5.73. The average molecular weight is 527 g/mol. The number of aryl methyl sites for hydroxylation is 2. The van der Waals surface area contributed by atoms with Gasteiger partial charge in [0.05, 0.1) is 26.9 Å². The van der Waals surface area contributed by atoms with E-state index in [4.69, 9.17) is 14.5 Å². The van der Waals surface area contributed by atoms with Gasteiger partial charge in [0.25, 0.3) is 0 Å². The highest BCUT2D eigenvalue weighted by molar-refractivity contribution is 5.68. The van der Waals surface area contributed by atoms with Crippen molar-refractivity contribution < 1.29 is 19.6 Å². The number of ether oxygens (including phenoxy) is 1. The maximum absolute atomic E-state index is 10.8. The van der Waals surface area contributed by atoms with E-state index < -0.39 is 5.60 Å². The van der Waals surface area contributed by atoms with Crippen molar-refractivity contribution in [2.45, 2.75) is 70.8 Å². The highest BCUT2D eigenvalue weighted by Gasteiger charge is 2.31. The van der Waals surface area contributed by atoms with Crippen LogP contribution in [0.15, 0.2) is 60.7 Å². The first-order chi connectivity index (χ1) is 18.8. The van der Waals surface area contributed by atoms with Crippen molar-refractivity contribution in [1.82, 2.24) is 0 Å². The molecular weight excluding hydrogens is 484 g/mol. The van der Waals surface area contributed by atoms with Gasteiger partial charge >= 0.3 is 0 Å². The third-order valence-electron chi connectivity index (χ3n) is 8.37. The van der Waals surface area contributed by atoms with Crippen LogP contribution in [0.3, 0.4) is 0 Å². The van der Waals surface area contributed by atoms with E-state index in [1.807, 2.05) is 0 Å². The second-order valence-corrected chi connectivity index (χ2v) is 10.7. The molecule has 0 spiro atoms. The molecule has 0 unspecified atom stereocenters. The van der Waals surface area contributed by atoms with Crippen LogP contribution in [0.4, 0.5) is 0 Å². The van der Waals surface area contributed by atoms with E-state index in [2.05, 4.69) is 100 Å². The van der Waals surface area contributed by atoms with E-state index in [0.717, 1.165) is 30.4 Å². The SMILES string of the molecule is CCC(CC)(c1ccc(C#CC2(O)CCOCC2)c(C)c1)c1ccc(-c2ccc(CCOOC)cc2)c(C)c1. The summed E-state index contributed by atoms with van der Waals surface area (Å²) in [5.41, 5.74) is 8.74. The fourth-order valence-corrected chi connectivity index (χ4v) is 5.73. The summed E-state index contributed by atoms with van der Waals surface area (Å²) >= 11 is 0. The Bertz CT molecular complexity index is 1300. The molecule has 4 heteroatoms. The van der Waals surface area contributed by atoms with Crippen LogP contribution < -0.4 is 0 Å². The van der Waals surface area contributed by atoms with Gasteiger partial charge in [0, 0.05) is 23.8 Å². The minimum Gasteiger partial charge on any atom is -0.381 e. The molecule has 0 aromatic heterocycles. The molecule has 0 aliphatic carbocycles. The minimum atomic E-state index is -0.946. The predicted molar refractivity (Wildman–Crippen MR) is 158 cm³/mol. The zero-order valence-electron chi connectivity index (χ0n) is 24.1. The van der Waals surface area contributed by atoms with Crippen molar-refractivity contribution in [1.29, 1.82) is 0 Å². The van der Waals surface area contributed by atoms with Crippen LogP contribution in [0.1, 0.15) is 72.9 Å². The lowest BCUT2D eigenvalue weighted by Crippen LogP contribution is -2.34. The second-order valence-electron chi connectivity index (χ2n) is 10.7. The number of rotatable bonds is 9. The summed E-state index contributed by atoms with van der Waals surface area (Å²) in [6.45, 7) is 10.6. The van der Waals surface area contributed by atoms with E-state index in [-0.39, 0.29) is 5.41 Å². The zero-order valence-corrected chi connectivity index (χ0v) is 24.1. The third-order valence-corrected chi connectivity index (χ3v) is 8.37. The third kappa shape index (κ3) is 6.62. The lowest BCUT2D eigenvalue weighted by molar-refractivity contribution is -0.271. The Hall–Kier alpha value is -2.94. The summed E-state index contributed by atoms with van der Waals surface area (Å²) < 4.78 is 5.39. The number of hydrogen-bond acceptors (Lipinski definition) is 4. The first kappa shape index (κ1) is 29.1. The molecule has 1 saturated heterocycles. The molecule has 0 radical (unpaired) electrons. The van der Waals surface area contributed by atoms with E-state index in [9.17, 15) is 5.11 Å². The van der Waals surface area contributed by atoms with Crippen molar-refractivity contribution in [3.8, 4) is 23.0 Å². The maximum Gasteiger partial charge on any atom is 0.130 e. The van der Waals surface area contributed by atoms with E-state index in [0.29, 0.717) is 32.7 Å². The average Bonchev–Trinajstić information content (AvgIpc) is 2.95. The molecule has 0 amide bonds. The van der Waals surface area contributed by atoms with Gasteiger partial charge in [-0.2, -0.15) is 0 Å². The maximum atomic E-state index is 10.8. The molecule has 3 aromatic rings. The Morgan fingerprint density at radius 2 is 1.54 bits per heavy atom. The van der Waals surface area contributed by atoms with Crippen LogP contribution in [0.25, 0.3) is 11.1 Å². The molecule has 0 bridgehead atoms. The zero-order chi connectivity index (χ0) is 27.9. The summed E-state index contributed by atoms with van der Waals surface area (Å²) in [5, 5.41) is 10.8. The van der Waals surface area contributed by atoms with Gasteiger partial charge in [0.15, 0.2) is 0 Å². The van der Waals surface area contributed by atoms with Gasteiger partial charge in [0.2, 0.25) is 0 Å². The molecule has 3 aromatic carbocycles. The van der Waals surface area contributed by atoms with E-state index in [1.54, 1.807) is 0 Å². The summed E-state index contributed by atoms with van der Waals surface area (Å²) in [5.74, 6) is 6.39. The lowest BCUT2D eigenvalue weighted by Gasteiger charge is -2.34. The van der Waals surface area contributed by atoms with Gasteiger partial charge in [-0.15, -0.1) is 0 Å². The molecule has 1 heterocycles. The first-order valence-electron chi connectivity index (χ1n) is 14.1. The molecule has 4 rings (SSSR count). The highest BCUT2D eigenvalue weighted by Crippen LogP contribution is 2.41. The molecular formula is C35H42O4. The largest absolute Gasteiger partial charge is 0.381 e. The van der Waals surface area contributed by atoms with Crippen LogP contribution in [-0.2, 0) is 26.3 Å². The monoisotopic (exact) mass is 526 g/mol. The van der Waals surface area contributed by atoms with E-state index in [1.165, 1.54) is 40.5 Å². The van der Waals surface area contributed by atoms with E-state index >= 15 is 0 Å². The molecule has 1 N–H and O–H groups in total. The topological polar surface area (TPSA) is 47.9 Å². The second kappa shape index (κ2) is 12.9. The highest BCUT2D eigenvalue weighted by atomic mass is 17.2. The van der Waals surface area contributed by atoms with Crippen LogP contribution in [0, 0.1) is 25.7 Å². The Balaban J connectivity index is 1.60. The van der Waals surface area contributed by atoms with Gasteiger partial charge in [-0.3, -0.25) is 0 Å². The van der Waals surface area contributed by atoms with Crippen molar-refractivity contribution in [2.75, 3.05) is 26.9 Å². The molecule has 4 nitrogen and oxygen atoms in total. The van der Waals surface area contributed by atoms with Gasteiger partial charge in [-0.05, 0) is 78.1 Å². The molecule has 1 fully saturated rings. The Labute approximate surface area is 234 Å². The summed E-state index contributed by atoms with van der Waals surface area (Å²) in [7, 11) is 1.54. The Kier molecular flexibility index (Phi) is 9.64. The smallest absolute Gasteiger partial charge is 0.130 e. The Morgan fingerprint density at radius 3 is 2.13 bits per heavy atom. The molecule has 1 aliphatic heterocycles. The number of hydrogen-bond donors (Lipinski definition) is 1. The minimum absolute atomic E-state index is 0.0792. The molecule has 206 valence electrons. The van der Waals surface area contributed by atoms with Crippen molar-refractivity contribution in [3.05, 3.63) is 94.0 Å². The van der Waals surface area contributed by atoms with Gasteiger partial charge in [-0.1, -0.05) is 80.3 Å². The standard InChI is InChI=1S/C35H42O4/c1-6-35(7-2,31-13-12-29(26(3)24-31)16-18-34(36)19-22-38-23-20-34)32-14-15-33(27(4)25-32)30-10-8-28(9-11-30)17-21-39-37-5/h8-15,24-25,36H,6-7,17,19-23H2,1-5H3. The number of benzene rings is 3. The Morgan fingerprint density at radius 1 is 0.897 bits per heavy atom. The van der Waals surface area contributed by atoms with Crippen LogP contribution in [-0.4, -0.2) is 37.6 Å². The fraction of sp³-hybridized carbons (Fsp3) is 0.429. The summed E-state index contributed by atoms with van der Waals surface area (Å²) in [4.78, 5) is 9.70. The molecule has 1 aliphatic rings. The van der Waals surface area contributed by atoms with Crippen molar-refractivity contribution in [2.24, 2.45) is 0 Å². The molecule has 39 heavy (non-hydrogen) atoms. The lowest BCUT2D eigenvalue weighted by atomic mass is 9.69. The normalized spacial score (nSPS) is 15.0. The van der Waals surface area contributed by atoms with Crippen LogP contribution >= 0.6 is 0 Å². The quantitative estimate of drug-likeness (QED) is 0.140. The predicted octanol–water partition coefficient (Wildman–Crippen LogP) is 7.09. The number of aliphatic hydroxyl groups is 1. The first-order valence-corrected chi connectivity index (χ1v) is 14.1. The van der Waals surface area contributed by atoms with Crippen LogP contribution in [0.2, 0.25) is 0 Å². The molecule has 0 atom stereocenters. The van der Waals surface area contributed by atoms with Gasteiger partial charge < -0.3 is 9.84 Å². The van der Waals surface area contributed by atoms with Gasteiger partial charge in [-0.25, -0.2) is 9.78 Å². The molecule has 0 saturated carbocycles. The van der Waals surface area contributed by atoms with Crippen molar-refractivity contribution >= 4 is 0 Å².